The van der Waals surface area contributed by atoms with Gasteiger partial charge >= 0.3 is 0 Å². The first-order chi connectivity index (χ1) is 5.25. The quantitative estimate of drug-likeness (QED) is 0.534. The van der Waals surface area contributed by atoms with Crippen molar-refractivity contribution in [1.29, 1.82) is 0 Å². The van der Waals surface area contributed by atoms with Gasteiger partial charge in [-0.3, -0.25) is 0 Å². The topological polar surface area (TPSA) is 0 Å². The third-order valence-electron chi connectivity index (χ3n) is 2.15. The largest absolute Gasteiger partial charge is 0.0770 e. The van der Waals surface area contributed by atoms with Gasteiger partial charge in [0.15, 0.2) is 0 Å². The molecule has 0 aromatic rings. The van der Waals surface area contributed by atoms with Crippen LogP contribution >= 0.6 is 0 Å². The van der Waals surface area contributed by atoms with Gasteiger partial charge in [-0.25, -0.2) is 0 Å². The number of rotatable bonds is 1. The molecule has 0 fully saturated rings. The number of allylic oxidation sites excluding steroid dienone is 6. The van der Waals surface area contributed by atoms with E-state index >= 15 is 0 Å². The van der Waals surface area contributed by atoms with Crippen LogP contribution < -0.4 is 0 Å². The highest BCUT2D eigenvalue weighted by Gasteiger charge is 2.08. The van der Waals surface area contributed by atoms with Crippen molar-refractivity contribution in [3.8, 4) is 0 Å². The summed E-state index contributed by atoms with van der Waals surface area (Å²) in [6.45, 7) is 6.60. The zero-order valence-corrected chi connectivity index (χ0v) is 7.59. The van der Waals surface area contributed by atoms with Crippen LogP contribution in [0, 0.1) is 5.92 Å². The molecule has 0 aromatic heterocycles. The van der Waals surface area contributed by atoms with Crippen LogP contribution in [0.25, 0.3) is 0 Å². The molecular weight excluding hydrogens is 132 g/mol. The molecule has 0 N–H and O–H groups in total. The van der Waals surface area contributed by atoms with E-state index in [0.717, 1.165) is 0 Å². The van der Waals surface area contributed by atoms with Crippen LogP contribution in [0.5, 0.6) is 0 Å². The Hall–Kier alpha value is -0.780. The molecule has 0 aliphatic heterocycles. The Balaban J connectivity index is 2.88. The van der Waals surface area contributed by atoms with Crippen molar-refractivity contribution >= 4 is 0 Å². The molecular formula is C11H16. The van der Waals surface area contributed by atoms with Gasteiger partial charge in [0, 0.05) is 5.92 Å². The molecule has 0 amide bonds. The van der Waals surface area contributed by atoms with Crippen molar-refractivity contribution < 1.29 is 0 Å². The van der Waals surface area contributed by atoms with Crippen LogP contribution in [0.15, 0.2) is 35.5 Å². The molecule has 1 aliphatic carbocycles. The molecule has 0 aromatic carbocycles. The summed E-state index contributed by atoms with van der Waals surface area (Å²) in [7, 11) is 0. The highest BCUT2D eigenvalue weighted by Crippen LogP contribution is 2.24. The van der Waals surface area contributed by atoms with Crippen LogP contribution in [0.3, 0.4) is 0 Å². The molecule has 0 radical (unpaired) electrons. The van der Waals surface area contributed by atoms with E-state index in [4.69, 9.17) is 0 Å². The minimum Gasteiger partial charge on any atom is -0.0770 e. The molecule has 0 bridgehead atoms. The Labute approximate surface area is 69.3 Å². The van der Waals surface area contributed by atoms with Gasteiger partial charge in [-0.15, -0.1) is 0 Å². The maximum Gasteiger partial charge on any atom is 0.00178 e. The minimum absolute atomic E-state index is 0.657. The van der Waals surface area contributed by atoms with E-state index in [1.54, 1.807) is 0 Å². The summed E-state index contributed by atoms with van der Waals surface area (Å²) in [5.41, 5.74) is 2.94. The molecule has 0 saturated carbocycles. The van der Waals surface area contributed by atoms with E-state index < -0.39 is 0 Å². The third-order valence-corrected chi connectivity index (χ3v) is 2.15. The second-order valence-electron chi connectivity index (χ2n) is 3.21. The van der Waals surface area contributed by atoms with E-state index in [2.05, 4.69) is 45.1 Å². The lowest BCUT2D eigenvalue weighted by Gasteiger charge is -2.16. The maximum atomic E-state index is 2.28. The van der Waals surface area contributed by atoms with E-state index in [1.165, 1.54) is 17.6 Å². The summed E-state index contributed by atoms with van der Waals surface area (Å²) in [4.78, 5) is 0. The molecule has 0 saturated heterocycles. The predicted octanol–water partition coefficient (Wildman–Crippen LogP) is 3.48. The average molecular weight is 148 g/mol. The van der Waals surface area contributed by atoms with Crippen molar-refractivity contribution in [2.75, 3.05) is 0 Å². The van der Waals surface area contributed by atoms with Gasteiger partial charge in [-0.1, -0.05) is 36.8 Å². The van der Waals surface area contributed by atoms with Crippen LogP contribution in [-0.2, 0) is 0 Å². The van der Waals surface area contributed by atoms with Crippen molar-refractivity contribution in [3.05, 3.63) is 35.5 Å². The third kappa shape index (κ3) is 1.83. The van der Waals surface area contributed by atoms with Crippen molar-refractivity contribution in [1.82, 2.24) is 0 Å². The van der Waals surface area contributed by atoms with E-state index in [9.17, 15) is 0 Å². The van der Waals surface area contributed by atoms with Gasteiger partial charge in [-0.2, -0.15) is 0 Å². The number of hydrogen-bond acceptors (Lipinski definition) is 0. The van der Waals surface area contributed by atoms with Crippen molar-refractivity contribution in [3.63, 3.8) is 0 Å². The second kappa shape index (κ2) is 3.56. The Morgan fingerprint density at radius 1 is 1.36 bits per heavy atom. The first-order valence-corrected chi connectivity index (χ1v) is 4.28. The molecule has 1 aliphatic rings. The maximum absolute atomic E-state index is 2.28. The molecule has 1 atom stereocenters. The molecule has 11 heavy (non-hydrogen) atoms. The molecule has 1 rings (SSSR count). The molecule has 0 nitrogen and oxygen atoms in total. The number of hydrogen-bond donors (Lipinski definition) is 0. The van der Waals surface area contributed by atoms with Gasteiger partial charge in [0.05, 0.1) is 0 Å². The standard InChI is InChI=1S/C11H16/c1-4-10-7-5-6-8-11(10)9(2)3/h5-8,10H,4H2,1-3H3. The highest BCUT2D eigenvalue weighted by molar-refractivity contribution is 5.35. The molecule has 0 heteroatoms. The van der Waals surface area contributed by atoms with Gasteiger partial charge in [0.2, 0.25) is 0 Å². The Morgan fingerprint density at radius 2 is 2.09 bits per heavy atom. The first-order valence-electron chi connectivity index (χ1n) is 4.28. The zero-order chi connectivity index (χ0) is 8.27. The summed E-state index contributed by atoms with van der Waals surface area (Å²) in [6, 6.07) is 0. The lowest BCUT2D eigenvalue weighted by atomic mass is 9.89. The summed E-state index contributed by atoms with van der Waals surface area (Å²) in [6.07, 6.45) is 9.97. The fraction of sp³-hybridized carbons (Fsp3) is 0.455. The van der Waals surface area contributed by atoms with E-state index in [1.807, 2.05) is 0 Å². The summed E-state index contributed by atoms with van der Waals surface area (Å²) < 4.78 is 0. The van der Waals surface area contributed by atoms with Crippen LogP contribution in [0.1, 0.15) is 27.2 Å². The summed E-state index contributed by atoms with van der Waals surface area (Å²) in [5, 5.41) is 0. The SMILES string of the molecule is CCC1C=CC=CC1=C(C)C. The van der Waals surface area contributed by atoms with Crippen molar-refractivity contribution in [2.45, 2.75) is 27.2 Å². The Bertz CT molecular complexity index is 212. The predicted molar refractivity (Wildman–Crippen MR) is 50.4 cm³/mol. The Morgan fingerprint density at radius 3 is 2.55 bits per heavy atom. The Kier molecular flexibility index (Phi) is 2.70. The second-order valence-corrected chi connectivity index (χ2v) is 3.21. The summed E-state index contributed by atoms with van der Waals surface area (Å²) >= 11 is 0. The lowest BCUT2D eigenvalue weighted by molar-refractivity contribution is 0.730. The van der Waals surface area contributed by atoms with Gasteiger partial charge in [-0.05, 0) is 25.8 Å². The van der Waals surface area contributed by atoms with Gasteiger partial charge in [0.1, 0.15) is 0 Å². The fourth-order valence-electron chi connectivity index (χ4n) is 1.48. The van der Waals surface area contributed by atoms with Gasteiger partial charge in [0.25, 0.3) is 0 Å². The summed E-state index contributed by atoms with van der Waals surface area (Å²) in [5.74, 6) is 0.657. The normalized spacial score (nSPS) is 22.5. The molecule has 1 unspecified atom stereocenters. The lowest BCUT2D eigenvalue weighted by Crippen LogP contribution is -2.01. The molecule has 0 heterocycles. The van der Waals surface area contributed by atoms with Crippen LogP contribution in [-0.4, -0.2) is 0 Å². The van der Waals surface area contributed by atoms with Crippen LogP contribution in [0.4, 0.5) is 0 Å². The highest BCUT2D eigenvalue weighted by atomic mass is 14.1. The fourth-order valence-corrected chi connectivity index (χ4v) is 1.48. The van der Waals surface area contributed by atoms with Gasteiger partial charge < -0.3 is 0 Å². The zero-order valence-electron chi connectivity index (χ0n) is 7.59. The van der Waals surface area contributed by atoms with E-state index in [-0.39, 0.29) is 0 Å². The minimum atomic E-state index is 0.657. The monoisotopic (exact) mass is 148 g/mol. The average Bonchev–Trinajstić information content (AvgIpc) is 2.04. The van der Waals surface area contributed by atoms with Crippen LogP contribution in [0.2, 0.25) is 0 Å². The van der Waals surface area contributed by atoms with Crippen molar-refractivity contribution in [2.24, 2.45) is 5.92 Å². The van der Waals surface area contributed by atoms with E-state index in [0.29, 0.717) is 5.92 Å². The first kappa shape index (κ1) is 8.32. The smallest absolute Gasteiger partial charge is 0.00178 e. The molecule has 0 spiro atoms. The molecule has 60 valence electrons.